The summed E-state index contributed by atoms with van der Waals surface area (Å²) in [5, 5.41) is 2.10. The maximum Gasteiger partial charge on any atom is 0.0273 e. The molecule has 0 fully saturated rings. The quantitative estimate of drug-likeness (QED) is 0.606. The summed E-state index contributed by atoms with van der Waals surface area (Å²) in [7, 11) is 0. The van der Waals surface area contributed by atoms with Crippen molar-refractivity contribution in [2.45, 2.75) is 6.92 Å². The first kappa shape index (κ1) is 7.29. The van der Waals surface area contributed by atoms with Gasteiger partial charge in [-0.25, -0.2) is 0 Å². The van der Waals surface area contributed by atoms with Gasteiger partial charge < -0.3 is 0 Å². The molecule has 10 heavy (non-hydrogen) atoms. The summed E-state index contributed by atoms with van der Waals surface area (Å²) in [4.78, 5) is 1.29. The van der Waals surface area contributed by atoms with Gasteiger partial charge in [-0.2, -0.15) is 0 Å². The van der Waals surface area contributed by atoms with E-state index in [2.05, 4.69) is 24.1 Å². The van der Waals surface area contributed by atoms with Crippen LogP contribution in [0.3, 0.4) is 0 Å². The molecular weight excluding hydrogens is 140 g/mol. The van der Waals surface area contributed by atoms with Crippen LogP contribution in [0, 0.1) is 0 Å². The van der Waals surface area contributed by atoms with Gasteiger partial charge >= 0.3 is 0 Å². The molecule has 1 heteroatoms. The summed E-state index contributed by atoms with van der Waals surface area (Å²) in [6.07, 6.45) is 6.00. The summed E-state index contributed by atoms with van der Waals surface area (Å²) in [6, 6.07) is 2.12. The predicted octanol–water partition coefficient (Wildman–Crippen LogP) is 3.42. The van der Waals surface area contributed by atoms with Gasteiger partial charge in [0.15, 0.2) is 0 Å². The molecule has 52 valence electrons. The van der Waals surface area contributed by atoms with Crippen LogP contribution in [0.5, 0.6) is 0 Å². The van der Waals surface area contributed by atoms with E-state index in [0.29, 0.717) is 0 Å². The van der Waals surface area contributed by atoms with E-state index >= 15 is 0 Å². The number of hydrogen-bond donors (Lipinski definition) is 0. The highest BCUT2D eigenvalue weighted by Gasteiger charge is 1.89. The molecule has 0 amide bonds. The molecule has 0 spiro atoms. The highest BCUT2D eigenvalue weighted by molar-refractivity contribution is 7.11. The van der Waals surface area contributed by atoms with Crippen molar-refractivity contribution < 1.29 is 0 Å². The van der Waals surface area contributed by atoms with E-state index < -0.39 is 0 Å². The van der Waals surface area contributed by atoms with E-state index in [0.717, 1.165) is 0 Å². The van der Waals surface area contributed by atoms with Gasteiger partial charge in [0.25, 0.3) is 0 Å². The minimum atomic E-state index is 1.21. The highest BCUT2D eigenvalue weighted by atomic mass is 32.1. The van der Waals surface area contributed by atoms with Crippen molar-refractivity contribution in [1.29, 1.82) is 0 Å². The average Bonchev–Trinajstić information content (AvgIpc) is 2.37. The van der Waals surface area contributed by atoms with E-state index in [-0.39, 0.29) is 0 Å². The van der Waals surface area contributed by atoms with Crippen LogP contribution in [0.15, 0.2) is 24.1 Å². The van der Waals surface area contributed by atoms with Crippen LogP contribution in [0.4, 0.5) is 0 Å². The standard InChI is InChI=1S/C9H10S/c1-3-5-9-6-8(4-2)7-10-9/h3-7H,2H2,1H3/b5-3+. The second-order valence-electron chi connectivity index (χ2n) is 1.99. The summed E-state index contributed by atoms with van der Waals surface area (Å²) in [5.74, 6) is 0. The van der Waals surface area contributed by atoms with E-state index in [9.17, 15) is 0 Å². The molecule has 0 aliphatic rings. The van der Waals surface area contributed by atoms with Crippen LogP contribution in [0.1, 0.15) is 17.4 Å². The van der Waals surface area contributed by atoms with Gasteiger partial charge in [-0.3, -0.25) is 0 Å². The zero-order chi connectivity index (χ0) is 7.40. The molecule has 0 saturated heterocycles. The van der Waals surface area contributed by atoms with Crippen molar-refractivity contribution in [3.63, 3.8) is 0 Å². The van der Waals surface area contributed by atoms with Gasteiger partial charge in [0.1, 0.15) is 0 Å². The molecule has 1 heterocycles. The third-order valence-electron chi connectivity index (χ3n) is 1.21. The van der Waals surface area contributed by atoms with Gasteiger partial charge in [0.2, 0.25) is 0 Å². The molecule has 1 aromatic rings. The number of hydrogen-bond acceptors (Lipinski definition) is 1. The van der Waals surface area contributed by atoms with E-state index in [4.69, 9.17) is 0 Å². The second kappa shape index (κ2) is 3.37. The Balaban J connectivity index is 2.87. The largest absolute Gasteiger partial charge is 0.144 e. The lowest BCUT2D eigenvalue weighted by Gasteiger charge is -1.77. The van der Waals surface area contributed by atoms with E-state index in [1.54, 1.807) is 11.3 Å². The number of thiophene rings is 1. The minimum absolute atomic E-state index is 1.21. The maximum absolute atomic E-state index is 3.69. The zero-order valence-corrected chi connectivity index (χ0v) is 6.82. The van der Waals surface area contributed by atoms with Gasteiger partial charge in [-0.1, -0.05) is 18.7 Å². The molecule has 0 nitrogen and oxygen atoms in total. The zero-order valence-electron chi connectivity index (χ0n) is 6.00. The molecule has 0 radical (unpaired) electrons. The lowest BCUT2D eigenvalue weighted by atomic mass is 10.3. The van der Waals surface area contributed by atoms with Crippen LogP contribution in [0.2, 0.25) is 0 Å². The summed E-state index contributed by atoms with van der Waals surface area (Å²) >= 11 is 1.74. The molecule has 0 aliphatic carbocycles. The molecule has 1 aromatic heterocycles. The SMILES string of the molecule is C=Cc1csc(/C=C/C)c1. The fourth-order valence-electron chi connectivity index (χ4n) is 0.727. The first-order valence-corrected chi connectivity index (χ1v) is 4.08. The Morgan fingerprint density at radius 3 is 2.90 bits per heavy atom. The molecule has 0 unspecified atom stereocenters. The van der Waals surface area contributed by atoms with Crippen molar-refractivity contribution in [3.05, 3.63) is 34.5 Å². The Kier molecular flexibility index (Phi) is 2.46. The molecular formula is C9H10S. The number of allylic oxidation sites excluding steroid dienone is 1. The monoisotopic (exact) mass is 150 g/mol. The first-order chi connectivity index (χ1) is 4.86. The smallest absolute Gasteiger partial charge is 0.0273 e. The molecule has 0 aromatic carbocycles. The summed E-state index contributed by atoms with van der Waals surface area (Å²) < 4.78 is 0. The van der Waals surface area contributed by atoms with E-state index in [1.807, 2.05) is 19.1 Å². The normalized spacial score (nSPS) is 10.5. The van der Waals surface area contributed by atoms with Crippen LogP contribution in [-0.4, -0.2) is 0 Å². The van der Waals surface area contributed by atoms with Crippen LogP contribution < -0.4 is 0 Å². The third-order valence-corrected chi connectivity index (χ3v) is 2.12. The average molecular weight is 150 g/mol. The molecule has 0 atom stereocenters. The van der Waals surface area contributed by atoms with E-state index in [1.165, 1.54) is 10.4 Å². The van der Waals surface area contributed by atoms with Crippen LogP contribution >= 0.6 is 11.3 Å². The van der Waals surface area contributed by atoms with Crippen molar-refractivity contribution in [2.75, 3.05) is 0 Å². The summed E-state index contributed by atoms with van der Waals surface area (Å²) in [5.41, 5.74) is 1.21. The third kappa shape index (κ3) is 1.58. The summed E-state index contributed by atoms with van der Waals surface area (Å²) in [6.45, 7) is 5.71. The predicted molar refractivity (Wildman–Crippen MR) is 49.1 cm³/mol. The Morgan fingerprint density at radius 1 is 1.60 bits per heavy atom. The maximum atomic E-state index is 3.69. The van der Waals surface area contributed by atoms with Crippen LogP contribution in [0.25, 0.3) is 12.2 Å². The Morgan fingerprint density at radius 2 is 2.40 bits per heavy atom. The van der Waals surface area contributed by atoms with Crippen LogP contribution in [-0.2, 0) is 0 Å². The first-order valence-electron chi connectivity index (χ1n) is 3.20. The highest BCUT2D eigenvalue weighted by Crippen LogP contribution is 2.16. The fraction of sp³-hybridized carbons (Fsp3) is 0.111. The minimum Gasteiger partial charge on any atom is -0.144 e. The molecule has 0 saturated carbocycles. The topological polar surface area (TPSA) is 0 Å². The number of rotatable bonds is 2. The van der Waals surface area contributed by atoms with Gasteiger partial charge in [0.05, 0.1) is 0 Å². The Hall–Kier alpha value is -0.820. The molecule has 0 N–H and O–H groups in total. The molecule has 1 rings (SSSR count). The lowest BCUT2D eigenvalue weighted by molar-refractivity contribution is 1.78. The molecule has 0 aliphatic heterocycles. The second-order valence-corrected chi connectivity index (χ2v) is 2.93. The van der Waals surface area contributed by atoms with Crippen molar-refractivity contribution in [3.8, 4) is 0 Å². The Bertz CT molecular complexity index is 243. The van der Waals surface area contributed by atoms with Gasteiger partial charge in [-0.15, -0.1) is 11.3 Å². The van der Waals surface area contributed by atoms with Crippen molar-refractivity contribution >= 4 is 23.5 Å². The fourth-order valence-corrected chi connectivity index (χ4v) is 1.58. The lowest BCUT2D eigenvalue weighted by Crippen LogP contribution is -1.57. The molecule has 0 bridgehead atoms. The Labute approximate surface area is 65.5 Å². The van der Waals surface area contributed by atoms with Gasteiger partial charge in [0, 0.05) is 4.88 Å². The van der Waals surface area contributed by atoms with Gasteiger partial charge in [-0.05, 0) is 30.0 Å². The van der Waals surface area contributed by atoms with Crippen molar-refractivity contribution in [1.82, 2.24) is 0 Å². The van der Waals surface area contributed by atoms with Crippen molar-refractivity contribution in [2.24, 2.45) is 0 Å².